The second-order valence-corrected chi connectivity index (χ2v) is 5.36. The summed E-state index contributed by atoms with van der Waals surface area (Å²) in [6.07, 6.45) is 7.43. The molecule has 1 fully saturated rings. The molecule has 1 saturated carbocycles. The Hall–Kier alpha value is -1.08. The summed E-state index contributed by atoms with van der Waals surface area (Å²) >= 11 is 0. The highest BCUT2D eigenvalue weighted by Crippen LogP contribution is 2.48. The van der Waals surface area contributed by atoms with E-state index in [1.807, 2.05) is 0 Å². The molecule has 0 aliphatic heterocycles. The summed E-state index contributed by atoms with van der Waals surface area (Å²) in [6, 6.07) is 11.7. The van der Waals surface area contributed by atoms with E-state index in [-0.39, 0.29) is 0 Å². The van der Waals surface area contributed by atoms with E-state index in [1.165, 1.54) is 18.4 Å². The first-order valence-corrected chi connectivity index (χ1v) is 6.87. The van der Waals surface area contributed by atoms with E-state index in [1.54, 1.807) is 0 Å². The topological polar surface area (TPSA) is 12.0 Å². The van der Waals surface area contributed by atoms with Gasteiger partial charge in [-0.25, -0.2) is 0 Å². The van der Waals surface area contributed by atoms with Gasteiger partial charge in [0.25, 0.3) is 0 Å². The van der Waals surface area contributed by atoms with Crippen LogP contribution in [0.3, 0.4) is 0 Å². The van der Waals surface area contributed by atoms with Crippen molar-refractivity contribution in [2.45, 2.75) is 31.7 Å². The van der Waals surface area contributed by atoms with Crippen molar-refractivity contribution < 1.29 is 0 Å². The molecule has 1 aromatic rings. The second-order valence-electron chi connectivity index (χ2n) is 5.36. The quantitative estimate of drug-likeness (QED) is 0.778. The molecule has 2 aliphatic rings. The largest absolute Gasteiger partial charge is 0.313 e. The molecule has 1 N–H and O–H groups in total. The molecule has 4 unspecified atom stereocenters. The third-order valence-electron chi connectivity index (χ3n) is 4.27. The Morgan fingerprint density at radius 1 is 1.12 bits per heavy atom. The fourth-order valence-electron chi connectivity index (χ4n) is 3.54. The van der Waals surface area contributed by atoms with Crippen LogP contribution in [0.1, 0.15) is 31.2 Å². The van der Waals surface area contributed by atoms with Crippen molar-refractivity contribution in [3.63, 3.8) is 0 Å². The van der Waals surface area contributed by atoms with Crippen molar-refractivity contribution in [1.82, 2.24) is 5.32 Å². The zero-order valence-electron chi connectivity index (χ0n) is 10.5. The fraction of sp³-hybridized carbons (Fsp3) is 0.500. The molecule has 0 aromatic heterocycles. The van der Waals surface area contributed by atoms with Gasteiger partial charge in [-0.2, -0.15) is 0 Å². The smallest absolute Gasteiger partial charge is 0.0204 e. The van der Waals surface area contributed by atoms with Crippen molar-refractivity contribution in [3.05, 3.63) is 48.0 Å². The summed E-state index contributed by atoms with van der Waals surface area (Å²) in [5, 5.41) is 3.76. The van der Waals surface area contributed by atoms with E-state index in [0.717, 1.165) is 18.4 Å². The van der Waals surface area contributed by atoms with Gasteiger partial charge in [0.05, 0.1) is 0 Å². The van der Waals surface area contributed by atoms with Crippen molar-refractivity contribution >= 4 is 0 Å². The van der Waals surface area contributed by atoms with Gasteiger partial charge in [-0.1, -0.05) is 49.4 Å². The van der Waals surface area contributed by atoms with E-state index >= 15 is 0 Å². The molecule has 0 spiro atoms. The molecule has 1 aromatic carbocycles. The predicted octanol–water partition coefficient (Wildman–Crippen LogP) is 3.34. The van der Waals surface area contributed by atoms with E-state index in [0.29, 0.717) is 12.0 Å². The Morgan fingerprint density at radius 3 is 2.65 bits per heavy atom. The van der Waals surface area contributed by atoms with Crippen LogP contribution in [-0.4, -0.2) is 12.6 Å². The third kappa shape index (κ3) is 1.93. The highest BCUT2D eigenvalue weighted by atomic mass is 14.9. The number of nitrogens with one attached hydrogen (secondary N) is 1. The minimum atomic E-state index is 0.660. The standard InChI is InChI=1S/C16H21N/c1-2-10-17-16-14-9-8-13(11-14)15(16)12-6-4-3-5-7-12/h3-9,13-17H,2,10-11H2,1H3. The van der Waals surface area contributed by atoms with Crippen LogP contribution in [-0.2, 0) is 0 Å². The average molecular weight is 227 g/mol. The van der Waals surface area contributed by atoms with Crippen LogP contribution in [0.25, 0.3) is 0 Å². The summed E-state index contributed by atoms with van der Waals surface area (Å²) in [5.74, 6) is 2.21. The molecular weight excluding hydrogens is 206 g/mol. The van der Waals surface area contributed by atoms with Gasteiger partial charge in [0.1, 0.15) is 0 Å². The number of fused-ring (bicyclic) bond motifs is 2. The first kappa shape index (κ1) is 11.0. The van der Waals surface area contributed by atoms with Crippen molar-refractivity contribution in [1.29, 1.82) is 0 Å². The zero-order chi connectivity index (χ0) is 11.7. The Kier molecular flexibility index (Phi) is 3.02. The van der Waals surface area contributed by atoms with E-state index in [9.17, 15) is 0 Å². The maximum Gasteiger partial charge on any atom is 0.0204 e. The molecule has 1 nitrogen and oxygen atoms in total. The van der Waals surface area contributed by atoms with E-state index in [4.69, 9.17) is 0 Å². The summed E-state index contributed by atoms with van der Waals surface area (Å²) < 4.78 is 0. The van der Waals surface area contributed by atoms with Gasteiger partial charge in [-0.05, 0) is 36.8 Å². The molecule has 0 heterocycles. The number of hydrogen-bond donors (Lipinski definition) is 1. The summed E-state index contributed by atoms with van der Waals surface area (Å²) in [7, 11) is 0. The molecule has 3 rings (SSSR count). The lowest BCUT2D eigenvalue weighted by molar-refractivity contribution is 0.407. The van der Waals surface area contributed by atoms with Crippen LogP contribution in [0.2, 0.25) is 0 Å². The number of rotatable bonds is 4. The van der Waals surface area contributed by atoms with Crippen LogP contribution < -0.4 is 5.32 Å². The van der Waals surface area contributed by atoms with Crippen LogP contribution in [0, 0.1) is 11.8 Å². The van der Waals surface area contributed by atoms with Crippen molar-refractivity contribution in [2.24, 2.45) is 11.8 Å². The van der Waals surface area contributed by atoms with Gasteiger partial charge >= 0.3 is 0 Å². The summed E-state index contributed by atoms with van der Waals surface area (Å²) in [4.78, 5) is 0. The maximum absolute atomic E-state index is 3.76. The maximum atomic E-state index is 3.76. The van der Waals surface area contributed by atoms with Gasteiger partial charge in [-0.3, -0.25) is 0 Å². The SMILES string of the molecule is CCCNC1C2C=CC(C2)C1c1ccccc1. The van der Waals surface area contributed by atoms with E-state index in [2.05, 4.69) is 54.7 Å². The van der Waals surface area contributed by atoms with Gasteiger partial charge in [0, 0.05) is 12.0 Å². The molecular formula is C16H21N. The first-order valence-electron chi connectivity index (χ1n) is 6.87. The Balaban J connectivity index is 1.84. The minimum absolute atomic E-state index is 0.660. The lowest BCUT2D eigenvalue weighted by Crippen LogP contribution is -2.38. The summed E-state index contributed by atoms with van der Waals surface area (Å²) in [6.45, 7) is 3.39. The first-order chi connectivity index (χ1) is 8.40. The van der Waals surface area contributed by atoms with Crippen molar-refractivity contribution in [2.75, 3.05) is 6.54 Å². The fourth-order valence-corrected chi connectivity index (χ4v) is 3.54. The Labute approximate surface area is 104 Å². The molecule has 1 heteroatoms. The molecule has 90 valence electrons. The highest BCUT2D eigenvalue weighted by Gasteiger charge is 2.44. The Morgan fingerprint density at radius 2 is 1.88 bits per heavy atom. The van der Waals surface area contributed by atoms with Crippen LogP contribution in [0.15, 0.2) is 42.5 Å². The molecule has 2 bridgehead atoms. The third-order valence-corrected chi connectivity index (χ3v) is 4.27. The van der Waals surface area contributed by atoms with Crippen LogP contribution >= 0.6 is 0 Å². The van der Waals surface area contributed by atoms with Crippen LogP contribution in [0.5, 0.6) is 0 Å². The molecule has 2 aliphatic carbocycles. The minimum Gasteiger partial charge on any atom is -0.313 e. The monoisotopic (exact) mass is 227 g/mol. The summed E-state index contributed by atoms with van der Waals surface area (Å²) in [5.41, 5.74) is 1.51. The Bertz CT molecular complexity index is 395. The van der Waals surface area contributed by atoms with Gasteiger partial charge < -0.3 is 5.32 Å². The lowest BCUT2D eigenvalue weighted by Gasteiger charge is -2.29. The van der Waals surface area contributed by atoms with Crippen molar-refractivity contribution in [3.8, 4) is 0 Å². The number of allylic oxidation sites excluding steroid dienone is 1. The normalized spacial score (nSPS) is 34.4. The molecule has 0 radical (unpaired) electrons. The van der Waals surface area contributed by atoms with Gasteiger partial charge in [-0.15, -0.1) is 0 Å². The number of hydrogen-bond acceptors (Lipinski definition) is 1. The second kappa shape index (κ2) is 4.66. The lowest BCUT2D eigenvalue weighted by atomic mass is 9.83. The molecule has 0 saturated heterocycles. The molecule has 0 amide bonds. The van der Waals surface area contributed by atoms with Gasteiger partial charge in [0.2, 0.25) is 0 Å². The van der Waals surface area contributed by atoms with Gasteiger partial charge in [0.15, 0.2) is 0 Å². The molecule has 4 atom stereocenters. The zero-order valence-corrected chi connectivity index (χ0v) is 10.5. The molecule has 17 heavy (non-hydrogen) atoms. The average Bonchev–Trinajstić information content (AvgIpc) is 2.97. The predicted molar refractivity (Wildman–Crippen MR) is 72.0 cm³/mol. The van der Waals surface area contributed by atoms with Crippen LogP contribution in [0.4, 0.5) is 0 Å². The van der Waals surface area contributed by atoms with E-state index < -0.39 is 0 Å². The number of benzene rings is 1. The highest BCUT2D eigenvalue weighted by molar-refractivity contribution is 5.31.